The Morgan fingerprint density at radius 1 is 1.50 bits per heavy atom. The standard InChI is InChI=1S/C12H13F2NO3/c13-8-2-1-6(9(14)10(8)16)5-7-3-4-18-11(7)12(15)17/h1-2,7,11,16H,3-5H2,(H2,15,17). The fourth-order valence-corrected chi connectivity index (χ4v) is 2.18. The van der Waals surface area contributed by atoms with Gasteiger partial charge in [-0.3, -0.25) is 4.79 Å². The van der Waals surface area contributed by atoms with Crippen LogP contribution in [-0.2, 0) is 16.0 Å². The van der Waals surface area contributed by atoms with E-state index in [1.807, 2.05) is 0 Å². The highest BCUT2D eigenvalue weighted by molar-refractivity contribution is 5.79. The molecule has 1 aliphatic heterocycles. The molecular weight excluding hydrogens is 244 g/mol. The molecule has 1 saturated heterocycles. The zero-order chi connectivity index (χ0) is 13.3. The molecule has 2 rings (SSSR count). The second-order valence-electron chi connectivity index (χ2n) is 4.32. The average molecular weight is 257 g/mol. The molecule has 0 spiro atoms. The van der Waals surface area contributed by atoms with Crippen molar-refractivity contribution < 1.29 is 23.4 Å². The van der Waals surface area contributed by atoms with E-state index in [2.05, 4.69) is 0 Å². The highest BCUT2D eigenvalue weighted by Gasteiger charge is 2.33. The molecule has 0 radical (unpaired) electrons. The third-order valence-corrected chi connectivity index (χ3v) is 3.12. The molecule has 0 aliphatic carbocycles. The number of carbonyl (C=O) groups is 1. The first kappa shape index (κ1) is 12.8. The van der Waals surface area contributed by atoms with Gasteiger partial charge in [-0.2, -0.15) is 0 Å². The van der Waals surface area contributed by atoms with Gasteiger partial charge in [0.25, 0.3) is 0 Å². The number of benzene rings is 1. The van der Waals surface area contributed by atoms with Gasteiger partial charge in [-0.1, -0.05) is 6.07 Å². The molecule has 0 saturated carbocycles. The van der Waals surface area contributed by atoms with E-state index in [1.54, 1.807) is 0 Å². The van der Waals surface area contributed by atoms with Crippen LogP contribution in [0.5, 0.6) is 5.75 Å². The molecule has 4 nitrogen and oxygen atoms in total. The minimum Gasteiger partial charge on any atom is -0.503 e. The van der Waals surface area contributed by atoms with Crippen molar-refractivity contribution in [2.75, 3.05) is 6.61 Å². The molecule has 0 aromatic heterocycles. The van der Waals surface area contributed by atoms with Crippen molar-refractivity contribution >= 4 is 5.91 Å². The van der Waals surface area contributed by atoms with Crippen LogP contribution in [0, 0.1) is 17.6 Å². The smallest absolute Gasteiger partial charge is 0.246 e. The number of hydrogen-bond acceptors (Lipinski definition) is 3. The van der Waals surface area contributed by atoms with Crippen molar-refractivity contribution in [3.63, 3.8) is 0 Å². The lowest BCUT2D eigenvalue weighted by molar-refractivity contribution is -0.128. The van der Waals surface area contributed by atoms with Gasteiger partial charge >= 0.3 is 0 Å². The van der Waals surface area contributed by atoms with Gasteiger partial charge in [-0.25, -0.2) is 8.78 Å². The van der Waals surface area contributed by atoms with Gasteiger partial charge in [0.15, 0.2) is 17.4 Å². The van der Waals surface area contributed by atoms with Crippen molar-refractivity contribution in [3.8, 4) is 5.75 Å². The first-order valence-electron chi connectivity index (χ1n) is 5.57. The predicted molar refractivity (Wildman–Crippen MR) is 58.8 cm³/mol. The molecule has 2 atom stereocenters. The minimum atomic E-state index is -1.01. The van der Waals surface area contributed by atoms with Gasteiger partial charge in [0, 0.05) is 12.5 Å². The lowest BCUT2D eigenvalue weighted by Crippen LogP contribution is -2.34. The van der Waals surface area contributed by atoms with Crippen LogP contribution in [0.3, 0.4) is 0 Å². The van der Waals surface area contributed by atoms with Crippen molar-refractivity contribution in [1.29, 1.82) is 0 Å². The van der Waals surface area contributed by atoms with Crippen LogP contribution >= 0.6 is 0 Å². The molecule has 2 unspecified atom stereocenters. The summed E-state index contributed by atoms with van der Waals surface area (Å²) in [5.41, 5.74) is 5.32. The second kappa shape index (κ2) is 4.89. The summed E-state index contributed by atoms with van der Waals surface area (Å²) in [4.78, 5) is 11.1. The second-order valence-corrected chi connectivity index (χ2v) is 4.32. The summed E-state index contributed by atoms with van der Waals surface area (Å²) in [6.45, 7) is 0.382. The fraction of sp³-hybridized carbons (Fsp3) is 0.417. The Hall–Kier alpha value is -1.69. The monoisotopic (exact) mass is 257 g/mol. The number of nitrogens with two attached hydrogens (primary N) is 1. The molecule has 6 heteroatoms. The van der Waals surface area contributed by atoms with E-state index in [0.717, 1.165) is 6.07 Å². The number of hydrogen-bond donors (Lipinski definition) is 2. The molecule has 1 heterocycles. The quantitative estimate of drug-likeness (QED) is 0.851. The van der Waals surface area contributed by atoms with Crippen LogP contribution in [-0.4, -0.2) is 23.7 Å². The Morgan fingerprint density at radius 2 is 2.22 bits per heavy atom. The summed E-state index contributed by atoms with van der Waals surface area (Å²) in [7, 11) is 0. The van der Waals surface area contributed by atoms with E-state index in [4.69, 9.17) is 15.6 Å². The van der Waals surface area contributed by atoms with Crippen LogP contribution in [0.1, 0.15) is 12.0 Å². The maximum absolute atomic E-state index is 13.6. The molecule has 98 valence electrons. The van der Waals surface area contributed by atoms with Gasteiger partial charge in [0.05, 0.1) is 0 Å². The Bertz CT molecular complexity index is 479. The molecule has 1 aliphatic rings. The Labute approximate surface area is 102 Å². The summed E-state index contributed by atoms with van der Waals surface area (Å²) in [5.74, 6) is -3.84. The number of phenolic OH excluding ortho intramolecular Hbond substituents is 1. The maximum Gasteiger partial charge on any atom is 0.246 e. The lowest BCUT2D eigenvalue weighted by Gasteiger charge is -2.15. The third-order valence-electron chi connectivity index (χ3n) is 3.12. The van der Waals surface area contributed by atoms with Crippen LogP contribution in [0.15, 0.2) is 12.1 Å². The Morgan fingerprint density at radius 3 is 2.89 bits per heavy atom. The SMILES string of the molecule is NC(=O)C1OCCC1Cc1ccc(F)c(O)c1F. The average Bonchev–Trinajstić information content (AvgIpc) is 2.78. The highest BCUT2D eigenvalue weighted by Crippen LogP contribution is 2.29. The molecule has 3 N–H and O–H groups in total. The first-order valence-corrected chi connectivity index (χ1v) is 5.57. The molecular formula is C12H13F2NO3. The van der Waals surface area contributed by atoms with E-state index in [-0.39, 0.29) is 17.9 Å². The number of amides is 1. The zero-order valence-corrected chi connectivity index (χ0v) is 9.53. The topological polar surface area (TPSA) is 72.6 Å². The molecule has 18 heavy (non-hydrogen) atoms. The molecule has 0 bridgehead atoms. The van der Waals surface area contributed by atoms with E-state index in [0.29, 0.717) is 13.0 Å². The van der Waals surface area contributed by atoms with Crippen molar-refractivity contribution in [2.24, 2.45) is 11.7 Å². The van der Waals surface area contributed by atoms with E-state index >= 15 is 0 Å². The van der Waals surface area contributed by atoms with Crippen molar-refractivity contribution in [1.82, 2.24) is 0 Å². The molecule has 1 aromatic carbocycles. The van der Waals surface area contributed by atoms with E-state index in [1.165, 1.54) is 6.07 Å². The third kappa shape index (κ3) is 2.28. The maximum atomic E-state index is 13.6. The number of phenols is 1. The largest absolute Gasteiger partial charge is 0.503 e. The Kier molecular flexibility index (Phi) is 3.47. The summed E-state index contributed by atoms with van der Waals surface area (Å²) in [5, 5.41) is 9.16. The zero-order valence-electron chi connectivity index (χ0n) is 9.53. The summed E-state index contributed by atoms with van der Waals surface area (Å²) in [6, 6.07) is 2.24. The summed E-state index contributed by atoms with van der Waals surface area (Å²) in [6.07, 6.45) is -0.00467. The van der Waals surface area contributed by atoms with Crippen molar-refractivity contribution in [2.45, 2.75) is 18.9 Å². The predicted octanol–water partition coefficient (Wildman–Crippen LogP) is 1.10. The van der Waals surface area contributed by atoms with E-state index in [9.17, 15) is 13.6 Å². The number of halogens is 2. The number of rotatable bonds is 3. The number of aromatic hydroxyl groups is 1. The van der Waals surface area contributed by atoms with Gasteiger partial charge in [-0.15, -0.1) is 0 Å². The van der Waals surface area contributed by atoms with Gasteiger partial charge in [0.2, 0.25) is 5.91 Å². The fourth-order valence-electron chi connectivity index (χ4n) is 2.18. The highest BCUT2D eigenvalue weighted by atomic mass is 19.1. The normalized spacial score (nSPS) is 23.2. The van der Waals surface area contributed by atoms with Gasteiger partial charge < -0.3 is 15.6 Å². The molecule has 1 amide bonds. The Balaban J connectivity index is 2.19. The molecule has 1 fully saturated rings. The van der Waals surface area contributed by atoms with Crippen LogP contribution in [0.25, 0.3) is 0 Å². The lowest BCUT2D eigenvalue weighted by atomic mass is 9.92. The van der Waals surface area contributed by atoms with Gasteiger partial charge in [-0.05, 0) is 24.5 Å². The molecule has 1 aromatic rings. The number of ether oxygens (including phenoxy) is 1. The first-order chi connectivity index (χ1) is 8.50. The van der Waals surface area contributed by atoms with Crippen LogP contribution < -0.4 is 5.73 Å². The van der Waals surface area contributed by atoms with E-state index < -0.39 is 29.4 Å². The number of primary amides is 1. The van der Waals surface area contributed by atoms with Gasteiger partial charge in [0.1, 0.15) is 6.10 Å². The number of carbonyl (C=O) groups excluding carboxylic acids is 1. The van der Waals surface area contributed by atoms with Crippen LogP contribution in [0.2, 0.25) is 0 Å². The minimum absolute atomic E-state index is 0.149. The van der Waals surface area contributed by atoms with Crippen molar-refractivity contribution in [3.05, 3.63) is 29.3 Å². The summed E-state index contributed by atoms with van der Waals surface area (Å²) < 4.78 is 31.6. The summed E-state index contributed by atoms with van der Waals surface area (Å²) >= 11 is 0. The van der Waals surface area contributed by atoms with Crippen LogP contribution in [0.4, 0.5) is 8.78 Å².